The molecule has 0 aromatic rings. The Morgan fingerprint density at radius 1 is 1.50 bits per heavy atom. The number of hydrogen-bond donors (Lipinski definition) is 2. The predicted molar refractivity (Wildman–Crippen MR) is 61.1 cm³/mol. The van der Waals surface area contributed by atoms with Gasteiger partial charge in [0.15, 0.2) is 5.82 Å². The zero-order valence-corrected chi connectivity index (χ0v) is 10.0. The summed E-state index contributed by atoms with van der Waals surface area (Å²) in [6.07, 6.45) is 1.65. The Kier molecular flexibility index (Phi) is 2.90. The highest BCUT2D eigenvalue weighted by atomic mass is 35.5. The molecule has 0 amide bonds. The zero-order valence-electron chi connectivity index (χ0n) is 9.27. The molecule has 3 aliphatic rings. The highest BCUT2D eigenvalue weighted by molar-refractivity contribution is 6.28. The summed E-state index contributed by atoms with van der Waals surface area (Å²) >= 11 is 6.04. The molecule has 3 heterocycles. The van der Waals surface area contributed by atoms with Gasteiger partial charge in [0.25, 0.3) is 0 Å². The van der Waals surface area contributed by atoms with Gasteiger partial charge in [-0.25, -0.2) is 9.97 Å². The van der Waals surface area contributed by atoms with E-state index in [0.29, 0.717) is 17.9 Å². The first-order chi connectivity index (χ1) is 8.69. The summed E-state index contributed by atoms with van der Waals surface area (Å²) in [5, 5.41) is 18.9. The molecule has 7 nitrogen and oxygen atoms in total. The number of aliphatic hydroxyl groups is 2. The summed E-state index contributed by atoms with van der Waals surface area (Å²) in [5.74, 6) is 0.466. The normalized spacial score (nSPS) is 28.1. The van der Waals surface area contributed by atoms with Crippen molar-refractivity contribution in [1.82, 2.24) is 19.5 Å². The molecule has 2 N–H and O–H groups in total. The minimum absolute atomic E-state index is 0.207. The Labute approximate surface area is 107 Å². The number of aromatic nitrogens is 4. The Bertz CT molecular complexity index is 534. The SMILES string of the molecule is OC[C@H]1OC(n2cc3ncnc-3nc2Cl)C[C@@H]1O. The number of aliphatic hydroxyl groups excluding tert-OH is 2. The molecule has 96 valence electrons. The fourth-order valence-electron chi connectivity index (χ4n) is 2.03. The highest BCUT2D eigenvalue weighted by Gasteiger charge is 2.35. The topological polar surface area (TPSA) is 93.3 Å². The third-order valence-electron chi connectivity index (χ3n) is 2.97. The second kappa shape index (κ2) is 4.43. The smallest absolute Gasteiger partial charge is 0.206 e. The van der Waals surface area contributed by atoms with Gasteiger partial charge < -0.3 is 14.9 Å². The van der Waals surface area contributed by atoms with Crippen LogP contribution in [-0.2, 0) is 4.74 Å². The summed E-state index contributed by atoms with van der Waals surface area (Å²) < 4.78 is 7.09. The predicted octanol–water partition coefficient (Wildman–Crippen LogP) is 0.0720. The monoisotopic (exact) mass is 270 g/mol. The number of fused-ring (bicyclic) bond motifs is 1. The molecule has 0 aromatic carbocycles. The Morgan fingerprint density at radius 3 is 3.06 bits per heavy atom. The lowest BCUT2D eigenvalue weighted by Crippen LogP contribution is -2.24. The van der Waals surface area contributed by atoms with Crippen LogP contribution >= 0.6 is 11.6 Å². The molecular formula is C10H11ClN4O3. The van der Waals surface area contributed by atoms with Gasteiger partial charge in [-0.15, -0.1) is 0 Å². The van der Waals surface area contributed by atoms with Crippen molar-refractivity contribution in [2.45, 2.75) is 24.9 Å². The van der Waals surface area contributed by atoms with Crippen LogP contribution in [0.25, 0.3) is 11.5 Å². The summed E-state index contributed by atoms with van der Waals surface area (Å²) in [6.45, 7) is -0.234. The average molecular weight is 271 g/mol. The lowest BCUT2D eigenvalue weighted by molar-refractivity contribution is -0.0446. The fourth-order valence-corrected chi connectivity index (χ4v) is 2.27. The van der Waals surface area contributed by atoms with Gasteiger partial charge in [0.2, 0.25) is 5.28 Å². The minimum atomic E-state index is -0.718. The van der Waals surface area contributed by atoms with Crippen molar-refractivity contribution < 1.29 is 14.9 Å². The van der Waals surface area contributed by atoms with Gasteiger partial charge in [-0.05, 0) is 11.6 Å². The second-order valence-corrected chi connectivity index (χ2v) is 4.45. The van der Waals surface area contributed by atoms with Crippen LogP contribution in [0.1, 0.15) is 12.6 Å². The molecule has 1 fully saturated rings. The van der Waals surface area contributed by atoms with E-state index in [1.165, 1.54) is 6.33 Å². The van der Waals surface area contributed by atoms with Gasteiger partial charge in [0.05, 0.1) is 12.7 Å². The maximum Gasteiger partial charge on any atom is 0.206 e. The molecule has 18 heavy (non-hydrogen) atoms. The van der Waals surface area contributed by atoms with Crippen LogP contribution in [0.2, 0.25) is 5.28 Å². The first kappa shape index (κ1) is 11.8. The third kappa shape index (κ3) is 1.85. The summed E-state index contributed by atoms with van der Waals surface area (Å²) in [5.41, 5.74) is 0.602. The van der Waals surface area contributed by atoms with Crippen molar-refractivity contribution in [3.63, 3.8) is 0 Å². The van der Waals surface area contributed by atoms with Gasteiger partial charge in [0, 0.05) is 12.6 Å². The number of ether oxygens (including phenoxy) is 1. The number of rotatable bonds is 2. The van der Waals surface area contributed by atoms with Crippen LogP contribution in [0, 0.1) is 0 Å². The number of halogens is 1. The molecule has 1 saturated heterocycles. The quantitative estimate of drug-likeness (QED) is 0.750. The average Bonchev–Trinajstić information content (AvgIpc) is 2.93. The van der Waals surface area contributed by atoms with E-state index < -0.39 is 18.4 Å². The molecule has 3 aliphatic heterocycles. The summed E-state index contributed by atoms with van der Waals surface area (Å²) in [4.78, 5) is 12.1. The molecule has 0 spiro atoms. The van der Waals surface area contributed by atoms with Crippen LogP contribution < -0.4 is 0 Å². The van der Waals surface area contributed by atoms with Crippen LogP contribution in [0.3, 0.4) is 0 Å². The minimum Gasteiger partial charge on any atom is -0.394 e. The molecule has 0 saturated carbocycles. The number of hydrogen-bond acceptors (Lipinski definition) is 6. The van der Waals surface area contributed by atoms with Crippen molar-refractivity contribution in [2.75, 3.05) is 6.61 Å². The van der Waals surface area contributed by atoms with E-state index in [1.807, 2.05) is 0 Å². The third-order valence-corrected chi connectivity index (χ3v) is 3.25. The highest BCUT2D eigenvalue weighted by Crippen LogP contribution is 2.32. The van der Waals surface area contributed by atoms with E-state index in [9.17, 15) is 5.11 Å². The lowest BCUT2D eigenvalue weighted by Gasteiger charge is -2.17. The largest absolute Gasteiger partial charge is 0.394 e. The summed E-state index contributed by atoms with van der Waals surface area (Å²) in [6, 6.07) is 0. The van der Waals surface area contributed by atoms with Gasteiger partial charge in [0.1, 0.15) is 24.4 Å². The van der Waals surface area contributed by atoms with E-state index >= 15 is 0 Å². The molecule has 3 rings (SSSR count). The van der Waals surface area contributed by atoms with Crippen molar-refractivity contribution in [3.8, 4) is 11.5 Å². The van der Waals surface area contributed by atoms with Crippen molar-refractivity contribution in [2.24, 2.45) is 0 Å². The van der Waals surface area contributed by atoms with Crippen molar-refractivity contribution >= 4 is 11.6 Å². The zero-order chi connectivity index (χ0) is 12.7. The second-order valence-electron chi connectivity index (χ2n) is 4.11. The summed E-state index contributed by atoms with van der Waals surface area (Å²) in [7, 11) is 0. The first-order valence-corrected chi connectivity index (χ1v) is 5.86. The maximum absolute atomic E-state index is 9.70. The molecular weight excluding hydrogens is 260 g/mol. The molecule has 3 atom stereocenters. The molecule has 0 bridgehead atoms. The maximum atomic E-state index is 9.70. The molecule has 0 radical (unpaired) electrons. The lowest BCUT2D eigenvalue weighted by atomic mass is 10.2. The van der Waals surface area contributed by atoms with Crippen molar-refractivity contribution in [1.29, 1.82) is 0 Å². The van der Waals surface area contributed by atoms with Gasteiger partial charge in [-0.1, -0.05) is 0 Å². The fraction of sp³-hybridized carbons (Fsp3) is 0.500. The van der Waals surface area contributed by atoms with E-state index in [2.05, 4.69) is 15.0 Å². The van der Waals surface area contributed by atoms with Gasteiger partial charge in [-0.3, -0.25) is 4.57 Å². The standard InChI is InChI=1S/C10H11ClN4O3/c11-10-14-9-5(12-4-13-9)2-15(10)8-1-6(17)7(3-16)18-8/h2,4,6-8,16-17H,1,3H2/t6-,7+,8?/m0/s1. The molecule has 8 heteroatoms. The Morgan fingerprint density at radius 2 is 2.33 bits per heavy atom. The van der Waals surface area contributed by atoms with Crippen LogP contribution in [-0.4, -0.2) is 48.5 Å². The van der Waals surface area contributed by atoms with Gasteiger partial charge >= 0.3 is 0 Å². The van der Waals surface area contributed by atoms with E-state index in [0.717, 1.165) is 0 Å². The Hall–Kier alpha value is -1.28. The van der Waals surface area contributed by atoms with E-state index in [1.54, 1.807) is 10.8 Å². The first-order valence-electron chi connectivity index (χ1n) is 5.48. The number of imidazole rings is 1. The van der Waals surface area contributed by atoms with Crippen LogP contribution in [0.4, 0.5) is 0 Å². The van der Waals surface area contributed by atoms with Crippen LogP contribution in [0.15, 0.2) is 12.5 Å². The van der Waals surface area contributed by atoms with Crippen molar-refractivity contribution in [3.05, 3.63) is 17.8 Å². The van der Waals surface area contributed by atoms with E-state index in [-0.39, 0.29) is 11.9 Å². The molecule has 1 unspecified atom stereocenters. The number of nitrogens with zero attached hydrogens (tertiary/aromatic N) is 4. The van der Waals surface area contributed by atoms with Crippen LogP contribution in [0.5, 0.6) is 0 Å². The molecule has 0 aromatic heterocycles. The van der Waals surface area contributed by atoms with E-state index in [4.69, 9.17) is 21.4 Å². The Balaban J connectivity index is 1.95. The van der Waals surface area contributed by atoms with Gasteiger partial charge in [-0.2, -0.15) is 4.98 Å². The molecule has 0 aliphatic carbocycles.